The quantitative estimate of drug-likeness (QED) is 0.264. The zero-order valence-corrected chi connectivity index (χ0v) is 19.6. The molecule has 3 aromatic rings. The molecule has 0 aliphatic carbocycles. The maximum absolute atomic E-state index is 12.4. The van der Waals surface area contributed by atoms with Crippen molar-refractivity contribution in [3.05, 3.63) is 94.6 Å². The van der Waals surface area contributed by atoms with Crippen LogP contribution in [-0.2, 0) is 11.3 Å². The Bertz CT molecular complexity index is 1200. The van der Waals surface area contributed by atoms with Gasteiger partial charge in [0, 0.05) is 6.54 Å². The van der Waals surface area contributed by atoms with Gasteiger partial charge in [-0.3, -0.25) is 4.79 Å². The van der Waals surface area contributed by atoms with E-state index in [4.69, 9.17) is 14.2 Å². The molecule has 6 nitrogen and oxygen atoms in total. The van der Waals surface area contributed by atoms with E-state index < -0.39 is 5.91 Å². The average Bonchev–Trinajstić information content (AvgIpc) is 2.86. The van der Waals surface area contributed by atoms with E-state index >= 15 is 0 Å². The van der Waals surface area contributed by atoms with Crippen LogP contribution >= 0.6 is 0 Å². The standard InChI is InChI=1S/C28H28N2O4/c1-20-9-11-25(15-21(20)2)33-13-14-34-26-12-10-23(17-27(26)32-3)16-24(18-29)28(31)30-19-22-7-5-4-6-8-22/h4-12,15-17H,13-14,19H2,1-3H3,(H,30,31)/b24-16+. The van der Waals surface area contributed by atoms with Crippen LogP contribution < -0.4 is 19.5 Å². The number of methoxy groups -OCH3 is 1. The summed E-state index contributed by atoms with van der Waals surface area (Å²) in [6.45, 7) is 5.17. The molecule has 0 spiro atoms. The van der Waals surface area contributed by atoms with Crippen molar-refractivity contribution in [3.8, 4) is 23.3 Å². The lowest BCUT2D eigenvalue weighted by molar-refractivity contribution is -0.117. The number of carbonyl (C=O) groups is 1. The highest BCUT2D eigenvalue weighted by Crippen LogP contribution is 2.29. The third kappa shape index (κ3) is 6.88. The van der Waals surface area contributed by atoms with Gasteiger partial charge >= 0.3 is 0 Å². The molecule has 0 saturated carbocycles. The predicted octanol–water partition coefficient (Wildman–Crippen LogP) is 4.99. The molecule has 1 amide bonds. The Hall–Kier alpha value is -4.24. The van der Waals surface area contributed by atoms with E-state index in [0.717, 1.165) is 11.3 Å². The van der Waals surface area contributed by atoms with Crippen molar-refractivity contribution < 1.29 is 19.0 Å². The van der Waals surface area contributed by atoms with Gasteiger partial charge in [-0.15, -0.1) is 0 Å². The maximum atomic E-state index is 12.4. The van der Waals surface area contributed by atoms with Crippen LogP contribution in [0.25, 0.3) is 6.08 Å². The van der Waals surface area contributed by atoms with Gasteiger partial charge in [0.25, 0.3) is 5.91 Å². The molecule has 0 atom stereocenters. The summed E-state index contributed by atoms with van der Waals surface area (Å²) in [5, 5.41) is 12.2. The molecular formula is C28H28N2O4. The lowest BCUT2D eigenvalue weighted by Gasteiger charge is -2.13. The van der Waals surface area contributed by atoms with E-state index in [0.29, 0.717) is 36.8 Å². The van der Waals surface area contributed by atoms with E-state index in [9.17, 15) is 10.1 Å². The number of nitriles is 1. The molecule has 3 aromatic carbocycles. The third-order valence-electron chi connectivity index (χ3n) is 5.25. The SMILES string of the molecule is COc1cc(/C=C(\C#N)C(=O)NCc2ccccc2)ccc1OCCOc1ccc(C)c(C)c1. The second-order valence-corrected chi connectivity index (χ2v) is 7.69. The Morgan fingerprint density at radius 2 is 1.71 bits per heavy atom. The molecule has 0 radical (unpaired) electrons. The van der Waals surface area contributed by atoms with Gasteiger partial charge in [-0.05, 0) is 66.4 Å². The molecule has 0 saturated heterocycles. The Morgan fingerprint density at radius 1 is 0.941 bits per heavy atom. The van der Waals surface area contributed by atoms with Gasteiger partial charge < -0.3 is 19.5 Å². The van der Waals surface area contributed by atoms with Crippen molar-refractivity contribution in [1.82, 2.24) is 5.32 Å². The first-order valence-electron chi connectivity index (χ1n) is 10.9. The van der Waals surface area contributed by atoms with Crippen LogP contribution in [0.1, 0.15) is 22.3 Å². The number of rotatable bonds is 10. The molecule has 174 valence electrons. The number of carbonyl (C=O) groups excluding carboxylic acids is 1. The van der Waals surface area contributed by atoms with Gasteiger partial charge in [0.2, 0.25) is 0 Å². The number of ether oxygens (including phenoxy) is 3. The molecule has 0 aliphatic rings. The maximum Gasteiger partial charge on any atom is 0.262 e. The summed E-state index contributed by atoms with van der Waals surface area (Å²) in [6.07, 6.45) is 1.52. The zero-order chi connectivity index (χ0) is 24.3. The van der Waals surface area contributed by atoms with Gasteiger partial charge in [-0.25, -0.2) is 0 Å². The molecule has 0 fully saturated rings. The highest BCUT2D eigenvalue weighted by molar-refractivity contribution is 6.01. The summed E-state index contributed by atoms with van der Waals surface area (Å²) >= 11 is 0. The largest absolute Gasteiger partial charge is 0.493 e. The van der Waals surface area contributed by atoms with E-state index in [2.05, 4.69) is 12.2 Å². The number of nitrogens with zero attached hydrogens (tertiary/aromatic N) is 1. The summed E-state index contributed by atoms with van der Waals surface area (Å²) in [7, 11) is 1.54. The number of hydrogen-bond donors (Lipinski definition) is 1. The van der Waals surface area contributed by atoms with Crippen LogP contribution in [0, 0.1) is 25.2 Å². The molecule has 0 aromatic heterocycles. The van der Waals surface area contributed by atoms with Crippen molar-refractivity contribution in [2.24, 2.45) is 0 Å². The number of aryl methyl sites for hydroxylation is 2. The second-order valence-electron chi connectivity index (χ2n) is 7.69. The molecule has 0 bridgehead atoms. The van der Waals surface area contributed by atoms with E-state index in [1.54, 1.807) is 25.3 Å². The molecule has 0 aliphatic heterocycles. The van der Waals surface area contributed by atoms with Crippen LogP contribution in [0.3, 0.4) is 0 Å². The van der Waals surface area contributed by atoms with Crippen molar-refractivity contribution in [2.45, 2.75) is 20.4 Å². The molecule has 0 heterocycles. The first kappa shape index (κ1) is 24.4. The normalized spacial score (nSPS) is 10.8. The van der Waals surface area contributed by atoms with E-state index in [1.807, 2.05) is 61.5 Å². The molecule has 34 heavy (non-hydrogen) atoms. The Balaban J connectivity index is 1.59. The van der Waals surface area contributed by atoms with Crippen molar-refractivity contribution in [2.75, 3.05) is 20.3 Å². The molecule has 6 heteroatoms. The molecule has 0 unspecified atom stereocenters. The van der Waals surface area contributed by atoms with Gasteiger partial charge in [0.05, 0.1) is 7.11 Å². The first-order valence-corrected chi connectivity index (χ1v) is 10.9. The van der Waals surface area contributed by atoms with Crippen LogP contribution in [-0.4, -0.2) is 26.2 Å². The number of nitrogens with one attached hydrogen (secondary N) is 1. The fourth-order valence-corrected chi connectivity index (χ4v) is 3.20. The number of hydrogen-bond acceptors (Lipinski definition) is 5. The monoisotopic (exact) mass is 456 g/mol. The Kier molecular flexibility index (Phi) is 8.70. The number of benzene rings is 3. The van der Waals surface area contributed by atoms with Crippen molar-refractivity contribution >= 4 is 12.0 Å². The van der Waals surface area contributed by atoms with Crippen LogP contribution in [0.5, 0.6) is 17.2 Å². The van der Waals surface area contributed by atoms with E-state index in [1.165, 1.54) is 17.2 Å². The summed E-state index contributed by atoms with van der Waals surface area (Å²) in [5.41, 5.74) is 4.01. The van der Waals surface area contributed by atoms with Gasteiger partial charge in [0.15, 0.2) is 11.5 Å². The highest BCUT2D eigenvalue weighted by Gasteiger charge is 2.11. The second kappa shape index (κ2) is 12.1. The molecular weight excluding hydrogens is 428 g/mol. The van der Waals surface area contributed by atoms with Crippen molar-refractivity contribution in [1.29, 1.82) is 5.26 Å². The summed E-state index contributed by atoms with van der Waals surface area (Å²) in [5.74, 6) is 1.42. The predicted molar refractivity (Wildman–Crippen MR) is 132 cm³/mol. The minimum Gasteiger partial charge on any atom is -0.493 e. The van der Waals surface area contributed by atoms with E-state index in [-0.39, 0.29) is 5.57 Å². The van der Waals surface area contributed by atoms with Gasteiger partial charge in [-0.1, -0.05) is 42.5 Å². The summed E-state index contributed by atoms with van der Waals surface area (Å²) < 4.78 is 17.0. The van der Waals surface area contributed by atoms with Crippen LogP contribution in [0.4, 0.5) is 0 Å². The zero-order valence-electron chi connectivity index (χ0n) is 19.6. The number of amides is 1. The molecule has 3 rings (SSSR count). The van der Waals surface area contributed by atoms with Gasteiger partial charge in [0.1, 0.15) is 30.6 Å². The first-order chi connectivity index (χ1) is 16.5. The smallest absolute Gasteiger partial charge is 0.262 e. The molecule has 1 N–H and O–H groups in total. The Morgan fingerprint density at radius 3 is 2.41 bits per heavy atom. The topological polar surface area (TPSA) is 80.6 Å². The van der Waals surface area contributed by atoms with Crippen molar-refractivity contribution in [3.63, 3.8) is 0 Å². The Labute approximate surface area is 200 Å². The highest BCUT2D eigenvalue weighted by atomic mass is 16.5. The lowest BCUT2D eigenvalue weighted by Crippen LogP contribution is -2.23. The lowest BCUT2D eigenvalue weighted by atomic mass is 10.1. The minimum absolute atomic E-state index is 0.00782. The fraction of sp³-hybridized carbons (Fsp3) is 0.214. The third-order valence-corrected chi connectivity index (χ3v) is 5.25. The van der Waals surface area contributed by atoms with Gasteiger partial charge in [-0.2, -0.15) is 5.26 Å². The average molecular weight is 457 g/mol. The minimum atomic E-state index is -0.436. The fourth-order valence-electron chi connectivity index (χ4n) is 3.20. The summed E-state index contributed by atoms with van der Waals surface area (Å²) in [6, 6.07) is 22.7. The summed E-state index contributed by atoms with van der Waals surface area (Å²) in [4.78, 5) is 12.4. The van der Waals surface area contributed by atoms with Crippen LogP contribution in [0.2, 0.25) is 0 Å². The van der Waals surface area contributed by atoms with Crippen LogP contribution in [0.15, 0.2) is 72.3 Å².